The lowest BCUT2D eigenvalue weighted by Crippen LogP contribution is -2.17. The molecule has 2 rings (SSSR count). The van der Waals surface area contributed by atoms with E-state index in [1.807, 2.05) is 19.1 Å². The first kappa shape index (κ1) is 14.6. The number of rotatable bonds is 5. The van der Waals surface area contributed by atoms with E-state index in [0.29, 0.717) is 6.61 Å². The Morgan fingerprint density at radius 2 is 1.60 bits per heavy atom. The van der Waals surface area contributed by atoms with Gasteiger partial charge in [0.2, 0.25) is 0 Å². The zero-order valence-corrected chi connectivity index (χ0v) is 12.5. The van der Waals surface area contributed by atoms with Crippen molar-refractivity contribution in [3.05, 3.63) is 64.7 Å². The molecule has 0 bridgehead atoms. The second-order valence-electron chi connectivity index (χ2n) is 5.48. The fourth-order valence-electron chi connectivity index (χ4n) is 2.33. The highest BCUT2D eigenvalue weighted by atomic mass is 16.5. The van der Waals surface area contributed by atoms with E-state index in [1.54, 1.807) is 0 Å². The average molecular weight is 269 g/mol. The summed E-state index contributed by atoms with van der Waals surface area (Å²) in [5.41, 5.74) is 10.9. The van der Waals surface area contributed by atoms with Crippen LogP contribution >= 0.6 is 0 Å². The van der Waals surface area contributed by atoms with Crippen LogP contribution in [0.25, 0.3) is 0 Å². The summed E-state index contributed by atoms with van der Waals surface area (Å²) in [5, 5.41) is 0. The first-order chi connectivity index (χ1) is 9.56. The van der Waals surface area contributed by atoms with Gasteiger partial charge >= 0.3 is 0 Å². The number of benzene rings is 2. The summed E-state index contributed by atoms with van der Waals surface area (Å²) in [5.74, 6) is 0.904. The van der Waals surface area contributed by atoms with E-state index >= 15 is 0 Å². The summed E-state index contributed by atoms with van der Waals surface area (Å²) in [6.07, 6.45) is 0.900. The first-order valence-electron chi connectivity index (χ1n) is 7.08. The van der Waals surface area contributed by atoms with E-state index in [9.17, 15) is 0 Å². The lowest BCUT2D eigenvalue weighted by Gasteiger charge is -2.12. The molecule has 0 aliphatic heterocycles. The van der Waals surface area contributed by atoms with Crippen molar-refractivity contribution in [2.45, 2.75) is 39.8 Å². The van der Waals surface area contributed by atoms with Crippen LogP contribution in [-0.4, -0.2) is 6.04 Å². The minimum Gasteiger partial charge on any atom is -0.489 e. The minimum absolute atomic E-state index is 0.191. The molecule has 0 aliphatic carbocycles. The number of hydrogen-bond donors (Lipinski definition) is 1. The molecule has 1 unspecified atom stereocenters. The van der Waals surface area contributed by atoms with Gasteiger partial charge in [-0.1, -0.05) is 30.3 Å². The van der Waals surface area contributed by atoms with Crippen molar-refractivity contribution in [1.29, 1.82) is 0 Å². The Morgan fingerprint density at radius 3 is 2.15 bits per heavy atom. The maximum atomic E-state index is 5.88. The molecule has 0 saturated heterocycles. The average Bonchev–Trinajstić information content (AvgIpc) is 2.39. The highest BCUT2D eigenvalue weighted by Crippen LogP contribution is 2.18. The molecule has 0 saturated carbocycles. The fourth-order valence-corrected chi connectivity index (χ4v) is 2.33. The third kappa shape index (κ3) is 3.84. The minimum atomic E-state index is 0.191. The summed E-state index contributed by atoms with van der Waals surface area (Å²) in [7, 11) is 0. The molecule has 2 nitrogen and oxygen atoms in total. The number of hydrogen-bond acceptors (Lipinski definition) is 2. The van der Waals surface area contributed by atoms with Gasteiger partial charge in [-0.3, -0.25) is 0 Å². The van der Waals surface area contributed by atoms with E-state index in [0.717, 1.165) is 12.2 Å². The quantitative estimate of drug-likeness (QED) is 0.896. The van der Waals surface area contributed by atoms with Crippen molar-refractivity contribution in [2.24, 2.45) is 5.73 Å². The first-order valence-corrected chi connectivity index (χ1v) is 7.08. The Bertz CT molecular complexity index is 538. The summed E-state index contributed by atoms with van der Waals surface area (Å²) < 4.78 is 5.88. The summed E-state index contributed by atoms with van der Waals surface area (Å²) >= 11 is 0. The normalized spacial score (nSPS) is 12.2. The van der Waals surface area contributed by atoms with Crippen molar-refractivity contribution in [2.75, 3.05) is 0 Å². The zero-order valence-electron chi connectivity index (χ0n) is 12.5. The van der Waals surface area contributed by atoms with Gasteiger partial charge in [-0.25, -0.2) is 0 Å². The van der Waals surface area contributed by atoms with Crippen LogP contribution in [0.5, 0.6) is 5.75 Å². The molecule has 2 aromatic rings. The largest absolute Gasteiger partial charge is 0.489 e. The third-order valence-electron chi connectivity index (χ3n) is 3.51. The topological polar surface area (TPSA) is 35.2 Å². The Hall–Kier alpha value is -1.80. The SMILES string of the molecule is Cc1cccc(C)c1COc1ccc(CC(C)N)cc1. The Balaban J connectivity index is 2.00. The lowest BCUT2D eigenvalue weighted by atomic mass is 10.0. The van der Waals surface area contributed by atoms with Gasteiger partial charge in [0.1, 0.15) is 12.4 Å². The number of aryl methyl sites for hydroxylation is 2. The van der Waals surface area contributed by atoms with Gasteiger partial charge in [-0.15, -0.1) is 0 Å². The lowest BCUT2D eigenvalue weighted by molar-refractivity contribution is 0.304. The summed E-state index contributed by atoms with van der Waals surface area (Å²) in [4.78, 5) is 0. The third-order valence-corrected chi connectivity index (χ3v) is 3.51. The van der Waals surface area contributed by atoms with Gasteiger partial charge in [-0.05, 0) is 61.6 Å². The van der Waals surface area contributed by atoms with Crippen molar-refractivity contribution in [3.8, 4) is 5.75 Å². The molecule has 106 valence electrons. The van der Waals surface area contributed by atoms with E-state index in [2.05, 4.69) is 44.2 Å². The summed E-state index contributed by atoms with van der Waals surface area (Å²) in [6.45, 7) is 6.88. The molecule has 2 N–H and O–H groups in total. The molecule has 0 amide bonds. The van der Waals surface area contributed by atoms with Crippen LogP contribution in [-0.2, 0) is 13.0 Å². The van der Waals surface area contributed by atoms with Crippen molar-refractivity contribution in [3.63, 3.8) is 0 Å². The monoisotopic (exact) mass is 269 g/mol. The summed E-state index contributed by atoms with van der Waals surface area (Å²) in [6, 6.07) is 14.7. The van der Waals surface area contributed by atoms with Gasteiger partial charge in [0.15, 0.2) is 0 Å². The smallest absolute Gasteiger partial charge is 0.119 e. The molecule has 0 aliphatic rings. The van der Waals surface area contributed by atoms with Crippen molar-refractivity contribution >= 4 is 0 Å². The van der Waals surface area contributed by atoms with Gasteiger partial charge in [0, 0.05) is 6.04 Å². The van der Waals surface area contributed by atoms with Crippen LogP contribution in [0.4, 0.5) is 0 Å². The highest BCUT2D eigenvalue weighted by Gasteiger charge is 2.04. The molecule has 20 heavy (non-hydrogen) atoms. The molecule has 0 radical (unpaired) electrons. The van der Waals surface area contributed by atoms with Crippen LogP contribution in [0.1, 0.15) is 29.2 Å². The predicted octanol–water partition coefficient (Wildman–Crippen LogP) is 3.77. The number of nitrogens with two attached hydrogens (primary N) is 1. The zero-order chi connectivity index (χ0) is 14.5. The molecule has 0 aromatic heterocycles. The molecule has 0 heterocycles. The standard InChI is InChI=1S/C18H23NO/c1-13-5-4-6-14(2)18(13)12-20-17-9-7-16(8-10-17)11-15(3)19/h4-10,15H,11-12,19H2,1-3H3. The number of ether oxygens (including phenoxy) is 1. The molecule has 2 heteroatoms. The Morgan fingerprint density at radius 1 is 1.00 bits per heavy atom. The van der Waals surface area contributed by atoms with E-state index in [1.165, 1.54) is 22.3 Å². The van der Waals surface area contributed by atoms with Crippen molar-refractivity contribution in [1.82, 2.24) is 0 Å². The maximum absolute atomic E-state index is 5.88. The fraction of sp³-hybridized carbons (Fsp3) is 0.333. The van der Waals surface area contributed by atoms with Crippen LogP contribution in [0, 0.1) is 13.8 Å². The van der Waals surface area contributed by atoms with Crippen LogP contribution in [0.3, 0.4) is 0 Å². The predicted molar refractivity (Wildman–Crippen MR) is 84.0 cm³/mol. The second kappa shape index (κ2) is 6.58. The molecule has 2 aromatic carbocycles. The molecular weight excluding hydrogens is 246 g/mol. The van der Waals surface area contributed by atoms with E-state index in [-0.39, 0.29) is 6.04 Å². The van der Waals surface area contributed by atoms with Gasteiger partial charge in [-0.2, -0.15) is 0 Å². The maximum Gasteiger partial charge on any atom is 0.119 e. The highest BCUT2D eigenvalue weighted by molar-refractivity contribution is 5.34. The van der Waals surface area contributed by atoms with Crippen LogP contribution in [0.15, 0.2) is 42.5 Å². The van der Waals surface area contributed by atoms with Gasteiger partial charge < -0.3 is 10.5 Å². The van der Waals surface area contributed by atoms with E-state index < -0.39 is 0 Å². The van der Waals surface area contributed by atoms with Crippen molar-refractivity contribution < 1.29 is 4.74 Å². The van der Waals surface area contributed by atoms with E-state index in [4.69, 9.17) is 10.5 Å². The van der Waals surface area contributed by atoms with Crippen LogP contribution in [0.2, 0.25) is 0 Å². The molecule has 0 fully saturated rings. The van der Waals surface area contributed by atoms with Gasteiger partial charge in [0.05, 0.1) is 0 Å². The van der Waals surface area contributed by atoms with Gasteiger partial charge in [0.25, 0.3) is 0 Å². The molecular formula is C18H23NO. The second-order valence-corrected chi connectivity index (χ2v) is 5.48. The molecule has 1 atom stereocenters. The molecule has 0 spiro atoms. The Labute approximate surface area is 121 Å². The Kier molecular flexibility index (Phi) is 4.80. The van der Waals surface area contributed by atoms with Crippen LogP contribution < -0.4 is 10.5 Å².